The highest BCUT2D eigenvalue weighted by Gasteiger charge is 2.54. The van der Waals surface area contributed by atoms with Crippen LogP contribution in [0.2, 0.25) is 0 Å². The van der Waals surface area contributed by atoms with Gasteiger partial charge in [0.25, 0.3) is 10.1 Å². The van der Waals surface area contributed by atoms with Crippen molar-refractivity contribution in [2.45, 2.75) is 81.3 Å². The molecule has 4 aromatic rings. The first-order chi connectivity index (χ1) is 32.9. The van der Waals surface area contributed by atoms with Crippen LogP contribution < -0.4 is 24.4 Å². The highest BCUT2D eigenvalue weighted by atomic mass is 32.2. The number of nitrogens with one attached hydrogen (secondary N) is 3. The van der Waals surface area contributed by atoms with Crippen molar-refractivity contribution < 1.29 is 48.6 Å². The Morgan fingerprint density at radius 2 is 1.47 bits per heavy atom. The number of anilines is 3. The predicted octanol–water partition coefficient (Wildman–Crippen LogP) is 5.89. The molecule has 4 aromatic carbocycles. The Morgan fingerprint density at radius 1 is 0.800 bits per heavy atom. The lowest BCUT2D eigenvalue weighted by atomic mass is 9.74. The largest absolute Gasteiger partial charge is 0.492 e. The van der Waals surface area contributed by atoms with E-state index in [4.69, 9.17) is 9.47 Å². The monoisotopic (exact) mass is 1010 g/mol. The molecule has 19 heteroatoms. The van der Waals surface area contributed by atoms with Crippen LogP contribution in [-0.4, -0.2) is 121 Å². The van der Waals surface area contributed by atoms with Gasteiger partial charge in [-0.15, -0.1) is 0 Å². The van der Waals surface area contributed by atoms with Crippen molar-refractivity contribution in [1.29, 1.82) is 0 Å². The molecule has 372 valence electrons. The summed E-state index contributed by atoms with van der Waals surface area (Å²) in [5.74, 6) is 0.493. The highest BCUT2D eigenvalue weighted by Crippen LogP contribution is 2.54. The van der Waals surface area contributed by atoms with Crippen LogP contribution in [0.5, 0.6) is 5.75 Å². The molecule has 0 aromatic heterocycles. The molecule has 0 bridgehead atoms. The van der Waals surface area contributed by atoms with Crippen molar-refractivity contribution in [3.63, 3.8) is 0 Å². The summed E-state index contributed by atoms with van der Waals surface area (Å²) in [6.07, 6.45) is 6.88. The fourth-order valence-electron chi connectivity index (χ4n) is 10.9. The van der Waals surface area contributed by atoms with Gasteiger partial charge >= 0.3 is 0 Å². The lowest BCUT2D eigenvalue weighted by molar-refractivity contribution is -0.445. The number of ether oxygens (including phenoxy) is 2. The summed E-state index contributed by atoms with van der Waals surface area (Å²) >= 11 is 0. The summed E-state index contributed by atoms with van der Waals surface area (Å²) in [5, 5.41) is 3.13. The van der Waals surface area contributed by atoms with Gasteiger partial charge in [0.2, 0.25) is 31.6 Å². The number of amides is 1. The molecule has 0 spiro atoms. The number of fused-ring (bicyclic) bond motifs is 8. The molecule has 9 rings (SSSR count). The SMILES string of the molecule is CC1(C)C2=C3C=C4C5=[N+](CCC4OC3CCN2c2ccc(CC(=O)NCCN(CCOc3ccc(NS(C)(=O)=O)cc3)CCc3ccc(NS(C)(=O)=O)cc3)cc21)c1ccc(S(=O)(=O)O)cc1C5(C)C. The third kappa shape index (κ3) is 10.3. The van der Waals surface area contributed by atoms with Gasteiger partial charge in [0.05, 0.1) is 41.5 Å². The maximum atomic E-state index is 13.6. The highest BCUT2D eigenvalue weighted by molar-refractivity contribution is 7.92. The number of allylic oxidation sites excluding steroid dienone is 1. The van der Waals surface area contributed by atoms with Crippen molar-refractivity contribution in [2.75, 3.05) is 72.7 Å². The molecule has 5 heterocycles. The van der Waals surface area contributed by atoms with Crippen molar-refractivity contribution in [3.05, 3.63) is 130 Å². The Kier molecular flexibility index (Phi) is 13.1. The molecular formula is C51H61N6O10S3+. The molecule has 0 saturated heterocycles. The molecule has 70 heavy (non-hydrogen) atoms. The first-order valence-electron chi connectivity index (χ1n) is 23.5. The Bertz CT molecular complexity index is 3190. The molecule has 16 nitrogen and oxygen atoms in total. The Labute approximate surface area is 411 Å². The van der Waals surface area contributed by atoms with Crippen LogP contribution in [0.3, 0.4) is 0 Å². The van der Waals surface area contributed by atoms with E-state index in [0.29, 0.717) is 56.3 Å². The van der Waals surface area contributed by atoms with Crippen LogP contribution in [0.1, 0.15) is 62.8 Å². The van der Waals surface area contributed by atoms with Gasteiger partial charge in [-0.3, -0.25) is 23.7 Å². The van der Waals surface area contributed by atoms with E-state index in [2.05, 4.69) is 75.0 Å². The van der Waals surface area contributed by atoms with Gasteiger partial charge < -0.3 is 19.7 Å². The summed E-state index contributed by atoms with van der Waals surface area (Å²) in [6, 6.07) is 25.1. The van der Waals surface area contributed by atoms with Gasteiger partial charge in [-0.25, -0.2) is 16.8 Å². The van der Waals surface area contributed by atoms with Crippen molar-refractivity contribution in [1.82, 2.24) is 10.2 Å². The molecule has 5 aliphatic rings. The normalized spacial score (nSPS) is 19.9. The maximum absolute atomic E-state index is 13.6. The zero-order valence-electron chi connectivity index (χ0n) is 40.3. The number of sulfonamides is 2. The van der Waals surface area contributed by atoms with Gasteiger partial charge in [-0.1, -0.05) is 38.1 Å². The van der Waals surface area contributed by atoms with Crippen LogP contribution in [0, 0.1) is 0 Å². The molecule has 0 aliphatic carbocycles. The summed E-state index contributed by atoms with van der Waals surface area (Å²) < 4.78 is 101. The number of benzene rings is 4. The number of carbonyl (C=O) groups excluding carboxylic acids is 1. The average Bonchev–Trinajstić information content (AvgIpc) is 3.66. The van der Waals surface area contributed by atoms with E-state index in [9.17, 15) is 34.6 Å². The van der Waals surface area contributed by atoms with Crippen LogP contribution in [-0.2, 0) is 63.4 Å². The van der Waals surface area contributed by atoms with Gasteiger partial charge in [-0.05, 0) is 104 Å². The van der Waals surface area contributed by atoms with E-state index in [1.807, 2.05) is 18.2 Å². The minimum atomic E-state index is -4.38. The van der Waals surface area contributed by atoms with Crippen molar-refractivity contribution in [2.24, 2.45) is 0 Å². The second-order valence-corrected chi connectivity index (χ2v) is 24.9. The van der Waals surface area contributed by atoms with Gasteiger partial charge in [0.15, 0.2) is 12.3 Å². The Hall–Kier alpha value is -5.57. The van der Waals surface area contributed by atoms with E-state index in [1.54, 1.807) is 48.5 Å². The summed E-state index contributed by atoms with van der Waals surface area (Å²) in [6.45, 7) is 12.7. The maximum Gasteiger partial charge on any atom is 0.294 e. The Balaban J connectivity index is 0.875. The second kappa shape index (κ2) is 18.6. The van der Waals surface area contributed by atoms with E-state index in [0.717, 1.165) is 88.9 Å². The molecule has 2 atom stereocenters. The molecule has 1 amide bonds. The van der Waals surface area contributed by atoms with Crippen LogP contribution in [0.15, 0.2) is 113 Å². The third-order valence-corrected chi connectivity index (χ3v) is 16.1. The quantitative estimate of drug-likeness (QED) is 0.0723. The number of carbonyl (C=O) groups is 1. The van der Waals surface area contributed by atoms with E-state index < -0.39 is 41.0 Å². The molecule has 0 fully saturated rings. The van der Waals surface area contributed by atoms with Crippen LogP contribution in [0.4, 0.5) is 22.7 Å². The number of hydrogen-bond donors (Lipinski definition) is 4. The number of hydrogen-bond acceptors (Lipinski definition) is 11. The minimum absolute atomic E-state index is 0.0715. The van der Waals surface area contributed by atoms with Gasteiger partial charge in [-0.2, -0.15) is 13.0 Å². The predicted molar refractivity (Wildman–Crippen MR) is 271 cm³/mol. The minimum Gasteiger partial charge on any atom is -0.492 e. The lowest BCUT2D eigenvalue weighted by Crippen LogP contribution is -2.47. The first kappa shape index (κ1) is 49.4. The number of rotatable bonds is 17. The molecule has 4 N–H and O–H groups in total. The third-order valence-electron chi connectivity index (χ3n) is 14.0. The first-order valence-corrected chi connectivity index (χ1v) is 28.7. The van der Waals surface area contributed by atoms with Crippen LogP contribution >= 0.6 is 0 Å². The van der Waals surface area contributed by atoms with Crippen LogP contribution in [0.25, 0.3) is 0 Å². The fraction of sp³-hybridized carbons (Fsp3) is 0.412. The number of nitrogens with zero attached hydrogens (tertiary/aromatic N) is 3. The summed E-state index contributed by atoms with van der Waals surface area (Å²) in [5.41, 5.74) is 10.5. The molecule has 0 saturated carbocycles. The summed E-state index contributed by atoms with van der Waals surface area (Å²) in [4.78, 5) is 18.1. The zero-order valence-corrected chi connectivity index (χ0v) is 42.7. The van der Waals surface area contributed by atoms with E-state index >= 15 is 0 Å². The molecule has 0 radical (unpaired) electrons. The van der Waals surface area contributed by atoms with E-state index in [1.165, 1.54) is 11.8 Å². The fourth-order valence-corrected chi connectivity index (χ4v) is 12.5. The summed E-state index contributed by atoms with van der Waals surface area (Å²) in [7, 11) is -11.2. The molecule has 2 unspecified atom stereocenters. The average molecular weight is 1010 g/mol. The van der Waals surface area contributed by atoms with Gasteiger partial charge in [0, 0.05) is 90.1 Å². The second-order valence-electron chi connectivity index (χ2n) is 19.9. The smallest absolute Gasteiger partial charge is 0.294 e. The van der Waals surface area contributed by atoms with Gasteiger partial charge in [0.1, 0.15) is 12.4 Å². The molecular weight excluding hydrogens is 953 g/mol. The van der Waals surface area contributed by atoms with Crippen molar-refractivity contribution in [3.8, 4) is 5.75 Å². The standard InChI is InChI=1S/C51H60N6O10S3/c1-50(2)41-29-34(30-47(58)52-22-26-55(23-19-33-7-10-35(11-8-33)53-68(5,59)60)27-28-66-37-14-12-36(13-15-37)54-69(6,61)62)9-17-43(41)56-24-20-45-39(48(50)56)32-40-46(67-45)21-25-57-44-18-16-38(70(63,64)65)31-42(44)51(3,4)49(40)57/h7-18,29,31-32,45-46,53-54H,19-28,30H2,1-6H3,(H-,52,58,63,64,65)/p+1. The van der Waals surface area contributed by atoms with E-state index in [-0.39, 0.29) is 29.4 Å². The Morgan fingerprint density at radius 3 is 2.14 bits per heavy atom. The van der Waals surface area contributed by atoms with Crippen molar-refractivity contribution >= 4 is 64.5 Å². The zero-order chi connectivity index (χ0) is 50.0. The lowest BCUT2D eigenvalue weighted by Gasteiger charge is -2.42. The topological polar surface area (TPSA) is 204 Å². The molecule has 5 aliphatic heterocycles.